The molecule has 0 bridgehead atoms. The van der Waals surface area contributed by atoms with E-state index < -0.39 is 0 Å². The van der Waals surface area contributed by atoms with Gasteiger partial charge in [-0.1, -0.05) is 19.9 Å². The molecule has 3 heteroatoms. The van der Waals surface area contributed by atoms with Gasteiger partial charge < -0.3 is 0 Å². The molecular weight excluding hydrogens is 222 g/mol. The molecule has 1 aliphatic carbocycles. The minimum absolute atomic E-state index is 0.362. The van der Waals surface area contributed by atoms with E-state index in [1.54, 1.807) is 0 Å². The summed E-state index contributed by atoms with van der Waals surface area (Å²) in [4.78, 5) is 4.60. The Morgan fingerprint density at radius 2 is 2.28 bits per heavy atom. The number of hydrogen-bond acceptors (Lipinski definition) is 3. The van der Waals surface area contributed by atoms with E-state index in [0.29, 0.717) is 12.0 Å². The second kappa shape index (κ2) is 6.30. The Bertz CT molecular complexity index is 376. The van der Waals surface area contributed by atoms with Gasteiger partial charge in [0, 0.05) is 23.9 Å². The zero-order chi connectivity index (χ0) is 13.0. The Hall–Kier alpha value is -0.930. The van der Waals surface area contributed by atoms with Gasteiger partial charge in [0.25, 0.3) is 0 Å². The maximum atomic E-state index is 5.77. The average Bonchev–Trinajstić information content (AvgIpc) is 2.39. The first-order valence-corrected chi connectivity index (χ1v) is 7.12. The number of hydrogen-bond donors (Lipinski definition) is 2. The highest BCUT2D eigenvalue weighted by atomic mass is 15.2. The fourth-order valence-corrected chi connectivity index (χ4v) is 2.95. The van der Waals surface area contributed by atoms with Crippen molar-refractivity contribution in [3.05, 3.63) is 29.6 Å². The van der Waals surface area contributed by atoms with Crippen LogP contribution in [0.15, 0.2) is 18.3 Å². The van der Waals surface area contributed by atoms with Crippen LogP contribution in [0, 0.1) is 5.92 Å². The summed E-state index contributed by atoms with van der Waals surface area (Å²) < 4.78 is 0. The van der Waals surface area contributed by atoms with Gasteiger partial charge in [0.15, 0.2) is 0 Å². The second-order valence-corrected chi connectivity index (χ2v) is 5.79. The summed E-state index contributed by atoms with van der Waals surface area (Å²) >= 11 is 0. The van der Waals surface area contributed by atoms with Gasteiger partial charge in [0.2, 0.25) is 0 Å². The van der Waals surface area contributed by atoms with Crippen molar-refractivity contribution in [3.8, 4) is 0 Å². The molecule has 0 saturated carbocycles. The van der Waals surface area contributed by atoms with Gasteiger partial charge in [-0.3, -0.25) is 16.3 Å². The molecule has 2 rings (SSSR count). The van der Waals surface area contributed by atoms with Crippen molar-refractivity contribution < 1.29 is 0 Å². The third-order valence-electron chi connectivity index (χ3n) is 3.99. The van der Waals surface area contributed by atoms with Crippen molar-refractivity contribution >= 4 is 0 Å². The van der Waals surface area contributed by atoms with Crippen LogP contribution in [0.25, 0.3) is 0 Å². The van der Waals surface area contributed by atoms with E-state index in [1.165, 1.54) is 36.9 Å². The van der Waals surface area contributed by atoms with Crippen LogP contribution in [-0.4, -0.2) is 11.0 Å². The van der Waals surface area contributed by atoms with Crippen molar-refractivity contribution in [1.82, 2.24) is 10.4 Å². The summed E-state index contributed by atoms with van der Waals surface area (Å²) in [6, 6.07) is 4.62. The first kappa shape index (κ1) is 13.5. The molecule has 0 saturated heterocycles. The first-order chi connectivity index (χ1) is 8.72. The Kier molecular flexibility index (Phi) is 4.72. The molecule has 1 aromatic heterocycles. The molecule has 0 fully saturated rings. The van der Waals surface area contributed by atoms with Crippen molar-refractivity contribution in [2.45, 2.75) is 57.9 Å². The van der Waals surface area contributed by atoms with Crippen LogP contribution in [0.1, 0.15) is 56.7 Å². The quantitative estimate of drug-likeness (QED) is 0.621. The number of hydrazine groups is 1. The van der Waals surface area contributed by atoms with Gasteiger partial charge in [-0.2, -0.15) is 0 Å². The molecule has 18 heavy (non-hydrogen) atoms. The third-order valence-corrected chi connectivity index (χ3v) is 3.99. The number of nitrogens with two attached hydrogens (primary N) is 1. The SMILES string of the molecule is CC(C)CCC(NN)C1CCCc2cccnc21. The lowest BCUT2D eigenvalue weighted by Gasteiger charge is -2.31. The average molecular weight is 247 g/mol. The molecular formula is C15H25N3. The number of nitrogens with one attached hydrogen (secondary N) is 1. The first-order valence-electron chi connectivity index (χ1n) is 7.12. The van der Waals surface area contributed by atoms with Crippen LogP contribution in [0.4, 0.5) is 0 Å². The molecule has 0 amide bonds. The van der Waals surface area contributed by atoms with Crippen LogP contribution in [0.3, 0.4) is 0 Å². The van der Waals surface area contributed by atoms with Crippen molar-refractivity contribution in [3.63, 3.8) is 0 Å². The van der Waals surface area contributed by atoms with E-state index >= 15 is 0 Å². The number of fused-ring (bicyclic) bond motifs is 1. The van der Waals surface area contributed by atoms with Gasteiger partial charge in [-0.15, -0.1) is 0 Å². The Morgan fingerprint density at radius 3 is 3.00 bits per heavy atom. The predicted octanol–water partition coefficient (Wildman–Crippen LogP) is 2.77. The van der Waals surface area contributed by atoms with Gasteiger partial charge in [-0.05, 0) is 49.7 Å². The summed E-state index contributed by atoms with van der Waals surface area (Å²) in [5, 5.41) is 0. The highest BCUT2D eigenvalue weighted by Crippen LogP contribution is 2.33. The van der Waals surface area contributed by atoms with E-state index in [4.69, 9.17) is 5.84 Å². The maximum Gasteiger partial charge on any atom is 0.0482 e. The molecule has 0 aromatic carbocycles. The summed E-state index contributed by atoms with van der Waals surface area (Å²) in [5.74, 6) is 6.98. The Labute approximate surface area is 110 Å². The standard InChI is InChI=1S/C15H25N3/c1-11(2)8-9-14(18-16)13-7-3-5-12-6-4-10-17-15(12)13/h4,6,10-11,13-14,18H,3,5,7-9,16H2,1-2H3. The van der Waals surface area contributed by atoms with E-state index in [9.17, 15) is 0 Å². The van der Waals surface area contributed by atoms with E-state index in [1.807, 2.05) is 12.3 Å². The van der Waals surface area contributed by atoms with E-state index in [2.05, 4.69) is 30.3 Å². The molecule has 1 heterocycles. The van der Waals surface area contributed by atoms with E-state index in [-0.39, 0.29) is 0 Å². The van der Waals surface area contributed by atoms with Crippen LogP contribution < -0.4 is 11.3 Å². The largest absolute Gasteiger partial charge is 0.271 e. The lowest BCUT2D eigenvalue weighted by Crippen LogP contribution is -2.41. The minimum Gasteiger partial charge on any atom is -0.271 e. The molecule has 3 N–H and O–H groups in total. The summed E-state index contributed by atoms with van der Waals surface area (Å²) in [7, 11) is 0. The monoisotopic (exact) mass is 247 g/mol. The summed E-state index contributed by atoms with van der Waals surface area (Å²) in [5.41, 5.74) is 5.72. The Morgan fingerprint density at radius 1 is 1.44 bits per heavy atom. The maximum absolute atomic E-state index is 5.77. The van der Waals surface area contributed by atoms with Crippen LogP contribution in [0.2, 0.25) is 0 Å². The molecule has 3 nitrogen and oxygen atoms in total. The molecule has 0 aliphatic heterocycles. The number of nitrogens with zero attached hydrogens (tertiary/aromatic N) is 1. The minimum atomic E-state index is 0.362. The van der Waals surface area contributed by atoms with Crippen LogP contribution in [0.5, 0.6) is 0 Å². The Balaban J connectivity index is 2.12. The normalized spacial score (nSPS) is 20.8. The molecule has 2 unspecified atom stereocenters. The smallest absolute Gasteiger partial charge is 0.0482 e. The highest BCUT2D eigenvalue weighted by Gasteiger charge is 2.28. The lowest BCUT2D eigenvalue weighted by molar-refractivity contribution is 0.348. The van der Waals surface area contributed by atoms with Crippen molar-refractivity contribution in [2.24, 2.45) is 11.8 Å². The van der Waals surface area contributed by atoms with Crippen molar-refractivity contribution in [1.29, 1.82) is 0 Å². The zero-order valence-corrected chi connectivity index (χ0v) is 11.5. The van der Waals surface area contributed by atoms with E-state index in [0.717, 1.165) is 12.3 Å². The molecule has 2 atom stereocenters. The van der Waals surface area contributed by atoms with Crippen LogP contribution in [-0.2, 0) is 6.42 Å². The van der Waals surface area contributed by atoms with Gasteiger partial charge in [0.1, 0.15) is 0 Å². The summed E-state index contributed by atoms with van der Waals surface area (Å²) in [6.07, 6.45) is 7.89. The highest BCUT2D eigenvalue weighted by molar-refractivity contribution is 5.27. The topological polar surface area (TPSA) is 50.9 Å². The van der Waals surface area contributed by atoms with Gasteiger partial charge >= 0.3 is 0 Å². The molecule has 1 aliphatic rings. The zero-order valence-electron chi connectivity index (χ0n) is 11.5. The molecule has 100 valence electrons. The molecule has 1 aromatic rings. The summed E-state index contributed by atoms with van der Waals surface area (Å²) in [6.45, 7) is 4.53. The molecule has 0 spiro atoms. The number of rotatable bonds is 5. The fourth-order valence-electron chi connectivity index (χ4n) is 2.95. The third kappa shape index (κ3) is 3.09. The van der Waals surface area contributed by atoms with Crippen molar-refractivity contribution in [2.75, 3.05) is 0 Å². The lowest BCUT2D eigenvalue weighted by atomic mass is 9.80. The molecule has 0 radical (unpaired) electrons. The predicted molar refractivity (Wildman–Crippen MR) is 75.1 cm³/mol. The number of aromatic nitrogens is 1. The van der Waals surface area contributed by atoms with Crippen LogP contribution >= 0.6 is 0 Å². The van der Waals surface area contributed by atoms with Gasteiger partial charge in [-0.25, -0.2) is 0 Å². The number of aryl methyl sites for hydroxylation is 1. The second-order valence-electron chi connectivity index (χ2n) is 5.79. The fraction of sp³-hybridized carbons (Fsp3) is 0.667. The number of pyridine rings is 1. The van der Waals surface area contributed by atoms with Gasteiger partial charge in [0.05, 0.1) is 0 Å².